The minimum absolute atomic E-state index is 0. The first-order valence-electron chi connectivity index (χ1n) is 19.3. The number of hydrogen-bond donors (Lipinski definition) is 0. The van der Waals surface area contributed by atoms with Gasteiger partial charge in [0.2, 0.25) is 0 Å². The summed E-state index contributed by atoms with van der Waals surface area (Å²) in [6.45, 7) is 7.17. The standard InChI is InChI=1S/C41H42F3N6O6.H3P.H2S.Tl/c1-6-26-28(43)10-8-22-14-25(55-21-52-5)15-27(31(22)26)34-33(44)35-32-36(47-38(46-35)54-20-41-12-7-13-48(41)17-23(42)16-41)49-18-24-9-11-29(30(49)19-53-37(32)45-34)50(24)39(51)56-40(2,3)4;;;/h8,10,14-15,23-24,29-30H,7,9,11-13,16-21H2,2-5H3;1H3;1H2;/p-1/t23-,24-,29+,30-,41+;;;/m1.../s1. The summed E-state index contributed by atoms with van der Waals surface area (Å²) >= 11 is 0.263. The molecule has 312 valence electrons. The third kappa shape index (κ3) is 7.76. The number of pyridine rings is 1. The van der Waals surface area contributed by atoms with Crippen molar-refractivity contribution in [3.05, 3.63) is 41.5 Å². The quantitative estimate of drug-likeness (QED) is 0.0568. The predicted molar refractivity (Wildman–Crippen MR) is 225 cm³/mol. The van der Waals surface area contributed by atoms with Crippen molar-refractivity contribution < 1.29 is 41.7 Å². The van der Waals surface area contributed by atoms with E-state index in [2.05, 4.69) is 19.2 Å². The Balaban J connectivity index is 0.00000264. The van der Waals surface area contributed by atoms with Gasteiger partial charge in [-0.3, -0.25) is 9.80 Å². The van der Waals surface area contributed by atoms with Gasteiger partial charge in [0, 0.05) is 13.0 Å². The average Bonchev–Trinajstić information content (AvgIpc) is 3.78. The van der Waals surface area contributed by atoms with Crippen molar-refractivity contribution in [2.75, 3.05) is 51.7 Å². The SMILES string of the molecule is COCOc1cc(-c2nc3c4c(nc(OC[C@@]56CCCN5C[C@H](F)C6)nc4c2F)N2C[C@H]4CC[C@@H]([C@H]2CO3)N4C(=O)OC(C)(C)C)c2c(C#[C][Tl])c(F)ccc2c1.P.[SH-]. The van der Waals surface area contributed by atoms with Gasteiger partial charge < -0.3 is 18.2 Å². The Morgan fingerprint density at radius 3 is 2.66 bits per heavy atom. The minimum atomic E-state index is -0.965. The number of methoxy groups -OCH3 is 1. The molecule has 0 spiro atoms. The maximum atomic E-state index is 17.6. The van der Waals surface area contributed by atoms with Crippen LogP contribution in [0.1, 0.15) is 58.4 Å². The number of fused-ring (bicyclic) bond motifs is 7. The third-order valence-electron chi connectivity index (χ3n) is 11.8. The second-order valence-electron chi connectivity index (χ2n) is 16.5. The van der Waals surface area contributed by atoms with Crippen molar-refractivity contribution in [3.8, 4) is 38.3 Å². The van der Waals surface area contributed by atoms with Crippen LogP contribution in [0.25, 0.3) is 32.9 Å². The molecule has 6 atom stereocenters. The molecule has 0 radical (unpaired) electrons. The maximum Gasteiger partial charge on any atom is -0.153 e. The first-order chi connectivity index (χ1) is 27.4. The number of piperazine rings is 1. The maximum absolute atomic E-state index is 17.6. The Morgan fingerprint density at radius 1 is 1.08 bits per heavy atom. The minimum Gasteiger partial charge on any atom is -0.813 e. The summed E-state index contributed by atoms with van der Waals surface area (Å²) in [6.07, 6.45) is 2.11. The molecule has 4 fully saturated rings. The molecular weight excluding hydrogens is 997 g/mol. The number of ether oxygens (including phenoxy) is 5. The van der Waals surface area contributed by atoms with Gasteiger partial charge in [0.1, 0.15) is 11.8 Å². The number of carbonyl (C=O) groups excluding carboxylic acids is 1. The molecule has 4 aromatic rings. The Morgan fingerprint density at radius 2 is 1.90 bits per heavy atom. The first-order valence-corrected chi connectivity index (χ1v) is 21.6. The molecule has 4 saturated heterocycles. The fraction of sp³-hybridized carbons (Fsp3) is 0.512. The Hall–Kier alpha value is -3.37. The topological polar surface area (TPSA) is 112 Å². The van der Waals surface area contributed by atoms with Gasteiger partial charge in [-0.05, 0) is 53.0 Å². The number of thiol groups is 1. The van der Waals surface area contributed by atoms with E-state index >= 15 is 8.78 Å². The number of rotatable bonds is 7. The van der Waals surface area contributed by atoms with Crippen LogP contribution >= 0.6 is 9.90 Å². The molecule has 1 amide bonds. The third-order valence-corrected chi connectivity index (χ3v) is 12.4. The summed E-state index contributed by atoms with van der Waals surface area (Å²) in [5.74, 6) is 2.38. The first kappa shape index (κ1) is 43.7. The molecule has 59 heavy (non-hydrogen) atoms. The zero-order valence-electron chi connectivity index (χ0n) is 33.4. The van der Waals surface area contributed by atoms with Crippen molar-refractivity contribution >= 4 is 82.7 Å². The van der Waals surface area contributed by atoms with Crippen LogP contribution in [-0.2, 0) is 23.0 Å². The van der Waals surface area contributed by atoms with E-state index < -0.39 is 41.1 Å². The fourth-order valence-electron chi connectivity index (χ4n) is 9.56. The van der Waals surface area contributed by atoms with Gasteiger partial charge in [-0.15, -0.1) is 0 Å². The van der Waals surface area contributed by atoms with Crippen LogP contribution in [0.15, 0.2) is 24.3 Å². The fourth-order valence-corrected chi connectivity index (χ4v) is 10.1. The van der Waals surface area contributed by atoms with Crippen molar-refractivity contribution in [2.45, 2.75) is 88.3 Å². The van der Waals surface area contributed by atoms with E-state index in [1.54, 1.807) is 18.2 Å². The molecule has 5 aliphatic rings. The number of hydrogen-bond acceptors (Lipinski definition) is 12. The number of amides is 1. The van der Waals surface area contributed by atoms with Gasteiger partial charge in [0.25, 0.3) is 0 Å². The predicted octanol–water partition coefficient (Wildman–Crippen LogP) is 5.68. The average molecular weight is 1040 g/mol. The molecule has 0 N–H and O–H groups in total. The van der Waals surface area contributed by atoms with Crippen LogP contribution in [0.5, 0.6) is 17.6 Å². The number of halogens is 3. The van der Waals surface area contributed by atoms with Gasteiger partial charge in [-0.1, -0.05) is 0 Å². The van der Waals surface area contributed by atoms with Gasteiger partial charge in [-0.25, -0.2) is 9.18 Å². The van der Waals surface area contributed by atoms with E-state index in [1.807, 2.05) is 25.7 Å². The molecule has 2 aromatic carbocycles. The molecule has 18 heteroatoms. The number of alkyl halides is 1. The van der Waals surface area contributed by atoms with Crippen LogP contribution < -0.4 is 19.1 Å². The van der Waals surface area contributed by atoms with Crippen LogP contribution in [-0.4, -0.2) is 139 Å². The normalized spacial score (nSPS) is 24.2. The van der Waals surface area contributed by atoms with Crippen molar-refractivity contribution in [3.63, 3.8) is 0 Å². The molecule has 2 bridgehead atoms. The molecular formula is C41H46F3N6O6PSTl-. The van der Waals surface area contributed by atoms with E-state index in [0.717, 1.165) is 25.8 Å². The van der Waals surface area contributed by atoms with E-state index in [1.165, 1.54) is 13.2 Å². The van der Waals surface area contributed by atoms with E-state index in [0.29, 0.717) is 48.3 Å². The summed E-state index contributed by atoms with van der Waals surface area (Å²) in [7, 11) is 1.49. The number of nitrogens with zero attached hydrogens (tertiary/aromatic N) is 6. The molecule has 2 aromatic heterocycles. The molecule has 12 nitrogen and oxygen atoms in total. The Kier molecular flexibility index (Phi) is 12.5. The molecule has 7 heterocycles. The number of carbonyl (C=O) groups is 1. The van der Waals surface area contributed by atoms with Crippen molar-refractivity contribution in [2.24, 2.45) is 0 Å². The van der Waals surface area contributed by atoms with Crippen molar-refractivity contribution in [1.82, 2.24) is 24.8 Å². The summed E-state index contributed by atoms with van der Waals surface area (Å²) in [4.78, 5) is 34.1. The molecule has 0 aliphatic carbocycles. The molecule has 9 rings (SSSR count). The van der Waals surface area contributed by atoms with Gasteiger partial charge in [-0.2, -0.15) is 9.90 Å². The van der Waals surface area contributed by atoms with Gasteiger partial charge >= 0.3 is 232 Å². The summed E-state index contributed by atoms with van der Waals surface area (Å²) < 4.78 is 80.7. The smallest absolute Gasteiger partial charge is 0.153 e. The van der Waals surface area contributed by atoms with Crippen LogP contribution in [0.2, 0.25) is 0 Å². The zero-order valence-corrected chi connectivity index (χ0v) is 40.2. The van der Waals surface area contributed by atoms with Gasteiger partial charge in [0.15, 0.2) is 0 Å². The monoisotopic (exact) mass is 1040 g/mol. The Labute approximate surface area is 366 Å². The van der Waals surface area contributed by atoms with E-state index in [4.69, 9.17) is 38.6 Å². The summed E-state index contributed by atoms with van der Waals surface area (Å²) in [5.41, 5.74) is -1.11. The van der Waals surface area contributed by atoms with Crippen LogP contribution in [0.3, 0.4) is 0 Å². The Bertz CT molecular complexity index is 2370. The second kappa shape index (κ2) is 16.8. The zero-order chi connectivity index (χ0) is 39.8. The van der Waals surface area contributed by atoms with Crippen LogP contribution in [0.4, 0.5) is 23.8 Å². The molecule has 5 aliphatic heterocycles. The molecule has 1 unspecified atom stereocenters. The summed E-state index contributed by atoms with van der Waals surface area (Å²) in [6, 6.07) is 5.26. The largest absolute Gasteiger partial charge is 0.813 e. The van der Waals surface area contributed by atoms with Crippen molar-refractivity contribution in [1.29, 1.82) is 0 Å². The number of anilines is 1. The van der Waals surface area contributed by atoms with Gasteiger partial charge in [0.05, 0.1) is 11.6 Å². The summed E-state index contributed by atoms with van der Waals surface area (Å²) in [5, 5.41) is 1.17. The van der Waals surface area contributed by atoms with E-state index in [-0.39, 0.29) is 121 Å². The number of benzene rings is 2. The number of aromatic nitrogens is 3. The second-order valence-corrected chi connectivity index (χ2v) is 17.6. The van der Waals surface area contributed by atoms with E-state index in [9.17, 15) is 9.18 Å². The van der Waals surface area contributed by atoms with Crippen LogP contribution in [0, 0.1) is 21.0 Å². The molecule has 0 saturated carbocycles.